The van der Waals surface area contributed by atoms with E-state index in [-0.39, 0.29) is 23.9 Å². The van der Waals surface area contributed by atoms with Gasteiger partial charge in [0.05, 0.1) is 12.8 Å². The first-order valence-corrected chi connectivity index (χ1v) is 12.8. The number of carbonyl (C=O) groups is 1. The van der Waals surface area contributed by atoms with E-state index in [4.69, 9.17) is 4.74 Å². The quantitative estimate of drug-likeness (QED) is 0.542. The molecule has 32 heavy (non-hydrogen) atoms. The summed E-state index contributed by atoms with van der Waals surface area (Å²) in [5.41, 5.74) is 2.20. The molecule has 3 heterocycles. The Balaban J connectivity index is 1.61. The minimum atomic E-state index is -3.82. The van der Waals surface area contributed by atoms with Crippen LogP contribution in [-0.2, 0) is 27.9 Å². The third-order valence-corrected chi connectivity index (χ3v) is 7.78. The molecule has 1 saturated heterocycles. The number of para-hydroxylation sites is 1. The fraction of sp³-hybridized carbons (Fsp3) is 0.364. The summed E-state index contributed by atoms with van der Waals surface area (Å²) >= 11 is 1.43. The molecule has 0 saturated carbocycles. The Kier molecular flexibility index (Phi) is 6.63. The fourth-order valence-corrected chi connectivity index (χ4v) is 5.60. The number of amides is 1. The van der Waals surface area contributed by atoms with Crippen molar-refractivity contribution in [1.29, 1.82) is 0 Å². The normalized spacial score (nSPS) is 14.1. The molecule has 1 aliphatic heterocycles. The van der Waals surface area contributed by atoms with E-state index >= 15 is 0 Å². The van der Waals surface area contributed by atoms with Crippen molar-refractivity contribution in [2.24, 2.45) is 0 Å². The van der Waals surface area contributed by atoms with Crippen LogP contribution in [-0.4, -0.2) is 49.0 Å². The second kappa shape index (κ2) is 9.43. The Morgan fingerprint density at radius 1 is 1.25 bits per heavy atom. The van der Waals surface area contributed by atoms with Crippen LogP contribution in [0.1, 0.15) is 24.1 Å². The summed E-state index contributed by atoms with van der Waals surface area (Å²) in [6, 6.07) is 8.84. The standard InChI is InChI=1S/C22H26N4O4S2/c1-16-15-31-22(24-16)19-11-18(13-26(19)14-21(27)25-9-5-6-10-25)32(28,29)23-12-17-7-3-4-8-20(17)30-2/h3-4,7-8,11,13,15,23H,5-6,9-10,12,14H2,1-2H3. The number of likely N-dealkylation sites (tertiary alicyclic amines) is 1. The molecule has 8 nitrogen and oxygen atoms in total. The molecule has 4 rings (SSSR count). The lowest BCUT2D eigenvalue weighted by Gasteiger charge is -2.16. The maximum atomic E-state index is 13.1. The SMILES string of the molecule is COc1ccccc1CNS(=O)(=O)c1cc(-c2nc(C)cs2)n(CC(=O)N2CCCC2)c1. The lowest BCUT2D eigenvalue weighted by molar-refractivity contribution is -0.130. The Bertz CT molecular complexity index is 1210. The predicted octanol–water partition coefficient (Wildman–Crippen LogP) is 3.03. The van der Waals surface area contributed by atoms with Crippen LogP contribution in [0.4, 0.5) is 0 Å². The van der Waals surface area contributed by atoms with Gasteiger partial charge in [-0.25, -0.2) is 18.1 Å². The molecule has 3 aromatic rings. The second-order valence-electron chi connectivity index (χ2n) is 7.71. The number of methoxy groups -OCH3 is 1. The van der Waals surface area contributed by atoms with Crippen LogP contribution in [0.3, 0.4) is 0 Å². The smallest absolute Gasteiger partial charge is 0.242 e. The lowest BCUT2D eigenvalue weighted by atomic mass is 10.2. The summed E-state index contributed by atoms with van der Waals surface area (Å²) in [6.45, 7) is 3.55. The van der Waals surface area contributed by atoms with E-state index in [1.54, 1.807) is 23.8 Å². The Hall–Kier alpha value is -2.69. The highest BCUT2D eigenvalue weighted by molar-refractivity contribution is 7.89. The van der Waals surface area contributed by atoms with Crippen molar-refractivity contribution < 1.29 is 17.9 Å². The molecule has 170 valence electrons. The van der Waals surface area contributed by atoms with Crippen LogP contribution in [0.2, 0.25) is 0 Å². The number of carbonyl (C=O) groups excluding carboxylic acids is 1. The summed E-state index contributed by atoms with van der Waals surface area (Å²) in [6.07, 6.45) is 3.52. The average molecular weight is 475 g/mol. The number of aromatic nitrogens is 2. The van der Waals surface area contributed by atoms with Crippen LogP contribution in [0.15, 0.2) is 46.8 Å². The number of thiazole rings is 1. The van der Waals surface area contributed by atoms with Gasteiger partial charge in [0.2, 0.25) is 15.9 Å². The van der Waals surface area contributed by atoms with Crippen molar-refractivity contribution in [2.45, 2.75) is 37.8 Å². The predicted molar refractivity (Wildman–Crippen MR) is 123 cm³/mol. The van der Waals surface area contributed by atoms with Crippen LogP contribution in [0.25, 0.3) is 10.7 Å². The van der Waals surface area contributed by atoms with Gasteiger partial charge in [0.15, 0.2) is 0 Å². The molecule has 2 aromatic heterocycles. The van der Waals surface area contributed by atoms with E-state index in [2.05, 4.69) is 9.71 Å². The first kappa shape index (κ1) is 22.5. The summed E-state index contributed by atoms with van der Waals surface area (Å²) in [4.78, 5) is 19.2. The molecule has 1 aromatic carbocycles. The van der Waals surface area contributed by atoms with Gasteiger partial charge in [0, 0.05) is 42.5 Å². The van der Waals surface area contributed by atoms with E-state index in [1.807, 2.05) is 35.4 Å². The molecular formula is C22H26N4O4S2. The highest BCUT2D eigenvalue weighted by Gasteiger charge is 2.24. The average Bonchev–Trinajstić information content (AvgIpc) is 3.53. The Morgan fingerprint density at radius 3 is 2.69 bits per heavy atom. The number of nitrogens with zero attached hydrogens (tertiary/aromatic N) is 3. The van der Waals surface area contributed by atoms with E-state index in [9.17, 15) is 13.2 Å². The van der Waals surface area contributed by atoms with E-state index in [0.29, 0.717) is 16.5 Å². The van der Waals surface area contributed by atoms with Gasteiger partial charge in [-0.05, 0) is 31.9 Å². The van der Waals surface area contributed by atoms with E-state index in [0.717, 1.165) is 37.2 Å². The van der Waals surface area contributed by atoms with Crippen molar-refractivity contribution in [3.63, 3.8) is 0 Å². The highest BCUT2D eigenvalue weighted by atomic mass is 32.2. The molecule has 0 unspecified atom stereocenters. The van der Waals surface area contributed by atoms with E-state index < -0.39 is 10.0 Å². The molecule has 0 spiro atoms. The van der Waals surface area contributed by atoms with E-state index in [1.165, 1.54) is 17.5 Å². The van der Waals surface area contributed by atoms with Crippen molar-refractivity contribution in [2.75, 3.05) is 20.2 Å². The molecule has 10 heteroatoms. The fourth-order valence-electron chi connectivity index (χ4n) is 3.73. The van der Waals surface area contributed by atoms with Crippen LogP contribution < -0.4 is 9.46 Å². The van der Waals surface area contributed by atoms with Gasteiger partial charge < -0.3 is 14.2 Å². The minimum absolute atomic E-state index is 0.0152. The van der Waals surface area contributed by atoms with Crippen molar-refractivity contribution in [3.05, 3.63) is 53.2 Å². The number of sulfonamides is 1. The summed E-state index contributed by atoms with van der Waals surface area (Å²) < 4.78 is 35.8. The molecule has 1 amide bonds. The maximum absolute atomic E-state index is 13.1. The van der Waals surface area contributed by atoms with Crippen LogP contribution >= 0.6 is 11.3 Å². The largest absolute Gasteiger partial charge is 0.496 e. The summed E-state index contributed by atoms with van der Waals surface area (Å²) in [5, 5.41) is 2.59. The number of hydrogen-bond donors (Lipinski definition) is 1. The van der Waals surface area contributed by atoms with Crippen molar-refractivity contribution in [1.82, 2.24) is 19.2 Å². The molecule has 0 bridgehead atoms. The maximum Gasteiger partial charge on any atom is 0.242 e. The number of aryl methyl sites for hydroxylation is 1. The number of ether oxygens (including phenoxy) is 1. The monoisotopic (exact) mass is 474 g/mol. The van der Waals surface area contributed by atoms with Crippen LogP contribution in [0, 0.1) is 6.92 Å². The molecule has 1 fully saturated rings. The zero-order valence-electron chi connectivity index (χ0n) is 18.1. The zero-order valence-corrected chi connectivity index (χ0v) is 19.7. The topological polar surface area (TPSA) is 93.5 Å². The van der Waals surface area contributed by atoms with Crippen LogP contribution in [0.5, 0.6) is 5.75 Å². The minimum Gasteiger partial charge on any atom is -0.496 e. The second-order valence-corrected chi connectivity index (χ2v) is 10.3. The van der Waals surface area contributed by atoms with Gasteiger partial charge in [0.25, 0.3) is 0 Å². The van der Waals surface area contributed by atoms with Gasteiger partial charge in [-0.1, -0.05) is 18.2 Å². The first-order chi connectivity index (χ1) is 15.4. The number of nitrogens with one attached hydrogen (secondary N) is 1. The van der Waals surface area contributed by atoms with Gasteiger partial charge in [-0.15, -0.1) is 11.3 Å². The van der Waals surface area contributed by atoms with Crippen molar-refractivity contribution in [3.8, 4) is 16.5 Å². The molecule has 0 atom stereocenters. The number of hydrogen-bond acceptors (Lipinski definition) is 6. The Labute approximate surface area is 191 Å². The van der Waals surface area contributed by atoms with Gasteiger partial charge in [0.1, 0.15) is 22.2 Å². The van der Waals surface area contributed by atoms with Crippen molar-refractivity contribution >= 4 is 27.3 Å². The van der Waals surface area contributed by atoms with Gasteiger partial charge in [-0.2, -0.15) is 0 Å². The third kappa shape index (κ3) is 4.87. The first-order valence-electron chi connectivity index (χ1n) is 10.4. The summed E-state index contributed by atoms with van der Waals surface area (Å²) in [7, 11) is -2.27. The molecular weight excluding hydrogens is 448 g/mol. The summed E-state index contributed by atoms with van der Waals surface area (Å²) in [5.74, 6) is 0.599. The zero-order chi connectivity index (χ0) is 22.7. The Morgan fingerprint density at radius 2 is 2.00 bits per heavy atom. The van der Waals surface area contributed by atoms with Gasteiger partial charge in [-0.3, -0.25) is 4.79 Å². The highest BCUT2D eigenvalue weighted by Crippen LogP contribution is 2.28. The van der Waals surface area contributed by atoms with Gasteiger partial charge >= 0.3 is 0 Å². The molecule has 1 N–H and O–H groups in total. The number of benzene rings is 1. The molecule has 0 radical (unpaired) electrons. The third-order valence-electron chi connectivity index (χ3n) is 5.43. The molecule has 1 aliphatic rings. The molecule has 0 aliphatic carbocycles. The number of rotatable bonds is 8. The lowest BCUT2D eigenvalue weighted by Crippen LogP contribution is -2.31.